The summed E-state index contributed by atoms with van der Waals surface area (Å²) in [5.41, 5.74) is -1.11. The Labute approximate surface area is 203 Å². The molecule has 2 amide bonds. The molecule has 0 aromatic carbocycles. The number of aliphatic hydroxyl groups is 1. The van der Waals surface area contributed by atoms with E-state index in [4.69, 9.17) is 4.74 Å². The zero-order valence-corrected chi connectivity index (χ0v) is 20.6. The summed E-state index contributed by atoms with van der Waals surface area (Å²) in [6, 6.07) is 0. The van der Waals surface area contributed by atoms with Gasteiger partial charge in [0, 0.05) is 32.1 Å². The molecule has 0 radical (unpaired) electrons. The smallest absolute Gasteiger partial charge is 0.309 e. The normalized spacial score (nSPS) is 34.0. The third kappa shape index (κ3) is 5.29. The molecule has 1 saturated heterocycles. The average Bonchev–Trinajstić information content (AvgIpc) is 3.38. The molecule has 7 heteroatoms. The maximum absolute atomic E-state index is 13.1. The summed E-state index contributed by atoms with van der Waals surface area (Å²) in [5, 5.41) is 10.1. The van der Waals surface area contributed by atoms with Crippen molar-refractivity contribution in [3.05, 3.63) is 0 Å². The second kappa shape index (κ2) is 10.2. The van der Waals surface area contributed by atoms with Crippen molar-refractivity contribution in [3.8, 4) is 0 Å². The number of carbonyl (C=O) groups is 3. The van der Waals surface area contributed by atoms with Crippen molar-refractivity contribution in [3.63, 3.8) is 0 Å². The number of amides is 2. The number of esters is 1. The molecule has 5 rings (SSSR count). The number of rotatable bonds is 5. The lowest BCUT2D eigenvalue weighted by Gasteiger charge is -2.40. The van der Waals surface area contributed by atoms with Crippen LogP contribution in [0.3, 0.4) is 0 Å². The summed E-state index contributed by atoms with van der Waals surface area (Å²) in [7, 11) is 0. The molecule has 0 bridgehead atoms. The first-order chi connectivity index (χ1) is 16.4. The number of carbonyl (C=O) groups excluding carboxylic acids is 3. The predicted molar refractivity (Wildman–Crippen MR) is 127 cm³/mol. The summed E-state index contributed by atoms with van der Waals surface area (Å²) < 4.78 is 5.94. The Balaban J connectivity index is 1.04. The molecule has 190 valence electrons. The lowest BCUT2D eigenvalue weighted by atomic mass is 9.70. The van der Waals surface area contributed by atoms with Crippen LogP contribution in [-0.4, -0.2) is 70.6 Å². The highest BCUT2D eigenvalue weighted by Gasteiger charge is 2.50. The van der Waals surface area contributed by atoms with Gasteiger partial charge in [0.1, 0.15) is 11.7 Å². The van der Waals surface area contributed by atoms with Crippen LogP contribution < -0.4 is 0 Å². The molecule has 1 N–H and O–H groups in total. The number of piperazine rings is 1. The minimum atomic E-state index is -1.11. The van der Waals surface area contributed by atoms with E-state index >= 15 is 0 Å². The Bertz CT molecular complexity index is 759. The van der Waals surface area contributed by atoms with Gasteiger partial charge in [-0.1, -0.05) is 12.8 Å². The topological polar surface area (TPSA) is 87.2 Å². The molecule has 2 unspecified atom stereocenters. The maximum Gasteiger partial charge on any atom is 0.309 e. The van der Waals surface area contributed by atoms with Gasteiger partial charge >= 0.3 is 5.97 Å². The van der Waals surface area contributed by atoms with Crippen LogP contribution in [0.2, 0.25) is 0 Å². The van der Waals surface area contributed by atoms with Gasteiger partial charge in [-0.2, -0.15) is 0 Å². The second-order valence-corrected chi connectivity index (χ2v) is 11.7. The van der Waals surface area contributed by atoms with Crippen LogP contribution in [0.15, 0.2) is 0 Å². The summed E-state index contributed by atoms with van der Waals surface area (Å²) in [6.07, 6.45) is 14.0. The molecule has 1 heterocycles. The summed E-state index contributed by atoms with van der Waals surface area (Å²) in [4.78, 5) is 41.6. The van der Waals surface area contributed by atoms with Crippen LogP contribution in [0.1, 0.15) is 89.9 Å². The molecule has 7 nitrogen and oxygen atoms in total. The summed E-state index contributed by atoms with van der Waals surface area (Å²) in [6.45, 7) is 2.23. The predicted octanol–water partition coefficient (Wildman–Crippen LogP) is 3.28. The quantitative estimate of drug-likeness (QED) is 0.618. The first-order valence-corrected chi connectivity index (χ1v) is 13.9. The van der Waals surface area contributed by atoms with Crippen LogP contribution in [0.4, 0.5) is 0 Å². The number of hydrogen-bond donors (Lipinski definition) is 1. The Morgan fingerprint density at radius 2 is 1.35 bits per heavy atom. The zero-order valence-electron chi connectivity index (χ0n) is 20.6. The molecule has 5 fully saturated rings. The van der Waals surface area contributed by atoms with E-state index in [1.807, 2.05) is 4.90 Å². The van der Waals surface area contributed by atoms with E-state index in [0.29, 0.717) is 50.9 Å². The molecule has 4 saturated carbocycles. The minimum Gasteiger partial charge on any atom is -0.462 e. The average molecular weight is 475 g/mol. The molecular formula is C27H42N2O5. The molecule has 0 aromatic heterocycles. The highest BCUT2D eigenvalue weighted by molar-refractivity contribution is 5.88. The van der Waals surface area contributed by atoms with E-state index in [9.17, 15) is 19.5 Å². The molecular weight excluding hydrogens is 432 g/mol. The standard InChI is InChI=1S/C27H42N2O5/c30-24(28-14-16-29(17-15-28)26(32)27(33)12-13-27)20-10-8-19(9-11-20)22-6-3-7-23(18-22)34-25(31)21-4-1-2-5-21/h19-23,33H,1-18H2. The zero-order chi connectivity index (χ0) is 23.7. The first kappa shape index (κ1) is 24.1. The van der Waals surface area contributed by atoms with Crippen molar-refractivity contribution in [1.82, 2.24) is 9.80 Å². The van der Waals surface area contributed by atoms with Gasteiger partial charge in [0.25, 0.3) is 5.91 Å². The number of nitrogens with zero attached hydrogens (tertiary/aromatic N) is 2. The van der Waals surface area contributed by atoms with Gasteiger partial charge in [-0.15, -0.1) is 0 Å². The Hall–Kier alpha value is -1.63. The van der Waals surface area contributed by atoms with Crippen LogP contribution in [0.5, 0.6) is 0 Å². The number of hydrogen-bond acceptors (Lipinski definition) is 5. The molecule has 0 aromatic rings. The molecule has 2 atom stereocenters. The van der Waals surface area contributed by atoms with Crippen molar-refractivity contribution in [2.24, 2.45) is 23.7 Å². The lowest BCUT2D eigenvalue weighted by Crippen LogP contribution is -2.54. The fraction of sp³-hybridized carbons (Fsp3) is 0.889. The van der Waals surface area contributed by atoms with Gasteiger partial charge in [0.05, 0.1) is 5.92 Å². The molecule has 1 aliphatic heterocycles. The van der Waals surface area contributed by atoms with Crippen molar-refractivity contribution >= 4 is 17.8 Å². The van der Waals surface area contributed by atoms with E-state index < -0.39 is 5.60 Å². The van der Waals surface area contributed by atoms with Gasteiger partial charge in [-0.05, 0) is 88.9 Å². The van der Waals surface area contributed by atoms with Crippen LogP contribution in [0.25, 0.3) is 0 Å². The van der Waals surface area contributed by atoms with Gasteiger partial charge in [0.2, 0.25) is 5.91 Å². The van der Waals surface area contributed by atoms with Gasteiger partial charge < -0.3 is 19.6 Å². The van der Waals surface area contributed by atoms with Crippen molar-refractivity contribution in [2.75, 3.05) is 26.2 Å². The molecule has 5 aliphatic rings. The van der Waals surface area contributed by atoms with Gasteiger partial charge in [-0.25, -0.2) is 0 Å². The maximum atomic E-state index is 13.1. The fourth-order valence-electron chi connectivity index (χ4n) is 6.99. The van der Waals surface area contributed by atoms with E-state index in [-0.39, 0.29) is 35.7 Å². The SMILES string of the molecule is O=C(OC1CCCC(C2CCC(C(=O)N3CCN(C(=O)C4(O)CC4)CC3)CC2)C1)C1CCCC1. The van der Waals surface area contributed by atoms with Crippen molar-refractivity contribution in [2.45, 2.75) is 102 Å². The molecule has 4 aliphatic carbocycles. The van der Waals surface area contributed by atoms with E-state index in [1.54, 1.807) is 4.90 Å². The minimum absolute atomic E-state index is 0.0468. The number of ether oxygens (including phenoxy) is 1. The first-order valence-electron chi connectivity index (χ1n) is 13.9. The Morgan fingerprint density at radius 3 is 2.00 bits per heavy atom. The monoisotopic (exact) mass is 474 g/mol. The van der Waals surface area contributed by atoms with E-state index in [2.05, 4.69) is 0 Å². The van der Waals surface area contributed by atoms with Crippen molar-refractivity contribution in [1.29, 1.82) is 0 Å². The van der Waals surface area contributed by atoms with Crippen LogP contribution in [0, 0.1) is 23.7 Å². The van der Waals surface area contributed by atoms with Gasteiger partial charge in [-0.3, -0.25) is 14.4 Å². The van der Waals surface area contributed by atoms with Crippen molar-refractivity contribution < 1.29 is 24.2 Å². The Kier molecular flexibility index (Phi) is 7.19. The van der Waals surface area contributed by atoms with Crippen LogP contribution in [-0.2, 0) is 19.1 Å². The van der Waals surface area contributed by atoms with E-state index in [1.165, 1.54) is 6.42 Å². The van der Waals surface area contributed by atoms with Crippen LogP contribution >= 0.6 is 0 Å². The highest BCUT2D eigenvalue weighted by Crippen LogP contribution is 2.42. The Morgan fingerprint density at radius 1 is 0.706 bits per heavy atom. The third-order valence-electron chi connectivity index (χ3n) is 9.43. The van der Waals surface area contributed by atoms with E-state index in [0.717, 1.165) is 70.6 Å². The highest BCUT2D eigenvalue weighted by atomic mass is 16.5. The molecule has 34 heavy (non-hydrogen) atoms. The summed E-state index contributed by atoms with van der Waals surface area (Å²) >= 11 is 0. The largest absolute Gasteiger partial charge is 0.462 e. The summed E-state index contributed by atoms with van der Waals surface area (Å²) in [5.74, 6) is 1.65. The molecule has 0 spiro atoms. The second-order valence-electron chi connectivity index (χ2n) is 11.7. The fourth-order valence-corrected chi connectivity index (χ4v) is 6.99. The lowest BCUT2D eigenvalue weighted by molar-refractivity contribution is -0.156. The van der Waals surface area contributed by atoms with Gasteiger partial charge in [0.15, 0.2) is 0 Å². The third-order valence-corrected chi connectivity index (χ3v) is 9.43.